The summed E-state index contributed by atoms with van der Waals surface area (Å²) in [6.07, 6.45) is 1.98. The van der Waals surface area contributed by atoms with Crippen LogP contribution < -0.4 is 0 Å². The number of sulfone groups is 1. The second kappa shape index (κ2) is 5.74. The Bertz CT molecular complexity index is 811. The fourth-order valence-electron chi connectivity index (χ4n) is 2.26. The third-order valence-electron chi connectivity index (χ3n) is 3.84. The fourth-order valence-corrected chi connectivity index (χ4v) is 3.52. The van der Waals surface area contributed by atoms with Gasteiger partial charge in [0.2, 0.25) is 0 Å². The quantitative estimate of drug-likeness (QED) is 0.872. The molecule has 1 heterocycles. The van der Waals surface area contributed by atoms with Gasteiger partial charge in [-0.2, -0.15) is 5.26 Å². The van der Waals surface area contributed by atoms with Gasteiger partial charge in [0, 0.05) is 18.4 Å². The lowest BCUT2D eigenvalue weighted by Crippen LogP contribution is -2.13. The topological polar surface area (TPSA) is 62.9 Å². The number of aryl methyl sites for hydroxylation is 2. The van der Waals surface area contributed by atoms with Crippen LogP contribution >= 0.6 is 0 Å². The molecule has 2 aromatic rings. The second-order valence-corrected chi connectivity index (χ2v) is 7.28. The molecule has 0 unspecified atom stereocenters. The van der Waals surface area contributed by atoms with Gasteiger partial charge in [-0.1, -0.05) is 6.07 Å². The lowest BCUT2D eigenvalue weighted by Gasteiger charge is -2.08. The lowest BCUT2D eigenvalue weighted by molar-refractivity contribution is 0.588. The van der Waals surface area contributed by atoms with E-state index in [2.05, 4.69) is 0 Å². The van der Waals surface area contributed by atoms with Gasteiger partial charge in [-0.05, 0) is 50.1 Å². The zero-order valence-corrected chi connectivity index (χ0v) is 13.2. The molecule has 4 nitrogen and oxygen atoms in total. The number of hydrogen-bond donors (Lipinski definition) is 0. The van der Waals surface area contributed by atoms with Crippen LogP contribution in [0, 0.1) is 32.1 Å². The molecule has 0 aliphatic carbocycles. The highest BCUT2D eigenvalue weighted by Crippen LogP contribution is 2.17. The van der Waals surface area contributed by atoms with Crippen LogP contribution in [0.1, 0.15) is 22.4 Å². The predicted molar refractivity (Wildman–Crippen MR) is 81.9 cm³/mol. The van der Waals surface area contributed by atoms with Crippen LogP contribution in [-0.2, 0) is 16.4 Å². The van der Waals surface area contributed by atoms with E-state index in [1.54, 1.807) is 12.1 Å². The van der Waals surface area contributed by atoms with E-state index >= 15 is 0 Å². The van der Waals surface area contributed by atoms with Gasteiger partial charge >= 0.3 is 0 Å². The van der Waals surface area contributed by atoms with E-state index in [0.717, 1.165) is 11.3 Å². The van der Waals surface area contributed by atoms with Crippen LogP contribution in [-0.4, -0.2) is 18.7 Å². The molecule has 0 radical (unpaired) electrons. The van der Waals surface area contributed by atoms with Crippen LogP contribution in [0.15, 0.2) is 35.4 Å². The molecule has 0 saturated heterocycles. The Labute approximate surface area is 125 Å². The number of aromatic nitrogens is 1. The maximum absolute atomic E-state index is 12.4. The van der Waals surface area contributed by atoms with Gasteiger partial charge in [0.05, 0.1) is 22.3 Å². The first-order chi connectivity index (χ1) is 9.85. The second-order valence-electron chi connectivity index (χ2n) is 5.17. The minimum absolute atomic E-state index is 0.0241. The number of rotatable bonds is 4. The summed E-state index contributed by atoms with van der Waals surface area (Å²) < 4.78 is 26.7. The maximum atomic E-state index is 12.4. The predicted octanol–water partition coefficient (Wildman–Crippen LogP) is 2.76. The molecular formula is C16H18N2O2S. The summed E-state index contributed by atoms with van der Waals surface area (Å²) in [6, 6.07) is 8.12. The molecule has 1 aromatic carbocycles. The largest absolute Gasteiger partial charge is 0.350 e. The zero-order chi connectivity index (χ0) is 15.6. The zero-order valence-electron chi connectivity index (χ0n) is 12.4. The minimum atomic E-state index is -3.38. The normalized spacial score (nSPS) is 11.3. The molecule has 0 aliphatic rings. The van der Waals surface area contributed by atoms with Gasteiger partial charge in [0.25, 0.3) is 0 Å². The summed E-state index contributed by atoms with van der Waals surface area (Å²) in [5, 5.41) is 8.86. The molecule has 0 amide bonds. The molecule has 21 heavy (non-hydrogen) atoms. The van der Waals surface area contributed by atoms with E-state index < -0.39 is 9.84 Å². The van der Waals surface area contributed by atoms with Crippen LogP contribution in [0.5, 0.6) is 0 Å². The molecule has 0 atom stereocenters. The van der Waals surface area contributed by atoms with Crippen molar-refractivity contribution in [3.05, 3.63) is 52.8 Å². The SMILES string of the molecule is Cc1cn(CCS(=O)(=O)c2cccc(C#N)c2)c(C)c1C. The molecule has 1 aromatic heterocycles. The Balaban J connectivity index is 2.22. The monoisotopic (exact) mass is 302 g/mol. The Morgan fingerprint density at radius 2 is 1.95 bits per heavy atom. The smallest absolute Gasteiger partial charge is 0.180 e. The van der Waals surface area contributed by atoms with Crippen molar-refractivity contribution < 1.29 is 8.42 Å². The summed E-state index contributed by atoms with van der Waals surface area (Å²) >= 11 is 0. The van der Waals surface area contributed by atoms with E-state index in [9.17, 15) is 8.42 Å². The van der Waals surface area contributed by atoms with Crippen molar-refractivity contribution in [2.75, 3.05) is 5.75 Å². The first-order valence-corrected chi connectivity index (χ1v) is 8.36. The average Bonchev–Trinajstić information content (AvgIpc) is 2.72. The first-order valence-electron chi connectivity index (χ1n) is 6.71. The minimum Gasteiger partial charge on any atom is -0.350 e. The molecular weight excluding hydrogens is 284 g/mol. The van der Waals surface area contributed by atoms with Crippen molar-refractivity contribution in [1.29, 1.82) is 5.26 Å². The fraction of sp³-hybridized carbons (Fsp3) is 0.312. The highest BCUT2D eigenvalue weighted by Gasteiger charge is 2.16. The Hall–Kier alpha value is -2.06. The van der Waals surface area contributed by atoms with Crippen LogP contribution in [0.4, 0.5) is 0 Å². The number of hydrogen-bond acceptors (Lipinski definition) is 3. The van der Waals surface area contributed by atoms with Gasteiger partial charge < -0.3 is 4.57 Å². The van der Waals surface area contributed by atoms with Crippen LogP contribution in [0.25, 0.3) is 0 Å². The van der Waals surface area contributed by atoms with Gasteiger partial charge in [-0.3, -0.25) is 0 Å². The van der Waals surface area contributed by atoms with E-state index in [1.807, 2.05) is 37.6 Å². The Morgan fingerprint density at radius 1 is 1.24 bits per heavy atom. The maximum Gasteiger partial charge on any atom is 0.180 e. The van der Waals surface area contributed by atoms with Crippen molar-refractivity contribution in [3.8, 4) is 6.07 Å². The molecule has 0 N–H and O–H groups in total. The van der Waals surface area contributed by atoms with Crippen molar-refractivity contribution in [2.45, 2.75) is 32.2 Å². The molecule has 0 bridgehead atoms. The summed E-state index contributed by atoms with van der Waals surface area (Å²) in [5.41, 5.74) is 3.81. The van der Waals surface area contributed by atoms with Crippen LogP contribution in [0.2, 0.25) is 0 Å². The standard InChI is InChI=1S/C16H18N2O2S/c1-12-11-18(14(3)13(12)2)7-8-21(19,20)16-6-4-5-15(9-16)10-17/h4-6,9,11H,7-8H2,1-3H3. The number of benzene rings is 1. The van der Waals surface area contributed by atoms with Crippen molar-refractivity contribution in [3.63, 3.8) is 0 Å². The van der Waals surface area contributed by atoms with Crippen molar-refractivity contribution in [2.24, 2.45) is 0 Å². The van der Waals surface area contributed by atoms with Gasteiger partial charge in [-0.25, -0.2) is 8.42 Å². The van der Waals surface area contributed by atoms with Gasteiger partial charge in [-0.15, -0.1) is 0 Å². The highest BCUT2D eigenvalue weighted by molar-refractivity contribution is 7.91. The van der Waals surface area contributed by atoms with E-state index in [0.29, 0.717) is 12.1 Å². The number of nitriles is 1. The first kappa shape index (κ1) is 15.3. The number of nitrogens with zero attached hydrogens (tertiary/aromatic N) is 2. The van der Waals surface area contributed by atoms with Crippen molar-refractivity contribution in [1.82, 2.24) is 4.57 Å². The molecule has 0 saturated carbocycles. The van der Waals surface area contributed by atoms with E-state index in [1.165, 1.54) is 17.7 Å². The third kappa shape index (κ3) is 3.17. The molecule has 0 fully saturated rings. The summed E-state index contributed by atoms with van der Waals surface area (Å²) in [6.45, 7) is 6.46. The lowest BCUT2D eigenvalue weighted by atomic mass is 10.2. The van der Waals surface area contributed by atoms with E-state index in [-0.39, 0.29) is 10.6 Å². The highest BCUT2D eigenvalue weighted by atomic mass is 32.2. The van der Waals surface area contributed by atoms with E-state index in [4.69, 9.17) is 5.26 Å². The summed E-state index contributed by atoms with van der Waals surface area (Å²) in [4.78, 5) is 0.208. The third-order valence-corrected chi connectivity index (χ3v) is 5.53. The molecule has 2 rings (SSSR count). The molecule has 110 valence electrons. The summed E-state index contributed by atoms with van der Waals surface area (Å²) in [7, 11) is -3.38. The molecule has 0 aliphatic heterocycles. The Kier molecular flexibility index (Phi) is 4.19. The summed E-state index contributed by atoms with van der Waals surface area (Å²) in [5.74, 6) is 0.0241. The Morgan fingerprint density at radius 3 is 2.52 bits per heavy atom. The molecule has 0 spiro atoms. The van der Waals surface area contributed by atoms with Gasteiger partial charge in [0.15, 0.2) is 9.84 Å². The van der Waals surface area contributed by atoms with Gasteiger partial charge in [0.1, 0.15) is 0 Å². The average molecular weight is 302 g/mol. The molecule has 5 heteroatoms. The van der Waals surface area contributed by atoms with Crippen LogP contribution in [0.3, 0.4) is 0 Å². The van der Waals surface area contributed by atoms with Crippen molar-refractivity contribution >= 4 is 9.84 Å².